The van der Waals surface area contributed by atoms with Gasteiger partial charge in [0.15, 0.2) is 0 Å². The minimum atomic E-state index is -0.893. The van der Waals surface area contributed by atoms with Crippen LogP contribution in [0.4, 0.5) is 5.69 Å². The lowest BCUT2D eigenvalue weighted by Gasteiger charge is -2.05. The highest BCUT2D eigenvalue weighted by atomic mass is 35.5. The van der Waals surface area contributed by atoms with Crippen LogP contribution >= 0.6 is 11.6 Å². The molecule has 1 rings (SSSR count). The molecule has 17 heavy (non-hydrogen) atoms. The average Bonchev–Trinajstić information content (AvgIpc) is 2.27. The van der Waals surface area contributed by atoms with Gasteiger partial charge in [-0.3, -0.25) is 9.59 Å². The molecule has 6 heteroatoms. The molecular formula is C11H13ClN2O3. The van der Waals surface area contributed by atoms with Gasteiger partial charge < -0.3 is 15.7 Å². The van der Waals surface area contributed by atoms with Gasteiger partial charge in [-0.05, 0) is 24.3 Å². The highest BCUT2D eigenvalue weighted by Gasteiger charge is 2.02. The number of rotatable bonds is 6. The molecule has 0 radical (unpaired) electrons. The van der Waals surface area contributed by atoms with E-state index in [2.05, 4.69) is 10.6 Å². The van der Waals surface area contributed by atoms with Gasteiger partial charge in [0, 0.05) is 17.3 Å². The SMILES string of the molecule is O=C(O)CCNCC(=O)Nc1ccc(Cl)cc1. The number of nitrogens with one attached hydrogen (secondary N) is 2. The fraction of sp³-hybridized carbons (Fsp3) is 0.273. The van der Waals surface area contributed by atoms with Gasteiger partial charge in [-0.2, -0.15) is 0 Å². The van der Waals surface area contributed by atoms with Crippen LogP contribution < -0.4 is 10.6 Å². The van der Waals surface area contributed by atoms with Crippen molar-refractivity contribution in [1.29, 1.82) is 0 Å². The molecule has 92 valence electrons. The molecule has 1 aromatic carbocycles. The lowest BCUT2D eigenvalue weighted by atomic mass is 10.3. The van der Waals surface area contributed by atoms with Crippen LogP contribution in [0.5, 0.6) is 0 Å². The van der Waals surface area contributed by atoms with Crippen molar-refractivity contribution in [2.45, 2.75) is 6.42 Å². The first-order valence-corrected chi connectivity index (χ1v) is 5.43. The maximum atomic E-state index is 11.4. The molecule has 0 aromatic heterocycles. The highest BCUT2D eigenvalue weighted by molar-refractivity contribution is 6.30. The first-order valence-electron chi connectivity index (χ1n) is 5.06. The second-order valence-electron chi connectivity index (χ2n) is 3.38. The second kappa shape index (κ2) is 6.88. The Bertz CT molecular complexity index is 392. The minimum Gasteiger partial charge on any atom is -0.481 e. The van der Waals surface area contributed by atoms with Crippen LogP contribution in [0.25, 0.3) is 0 Å². The van der Waals surface area contributed by atoms with Crippen molar-refractivity contribution in [2.75, 3.05) is 18.4 Å². The van der Waals surface area contributed by atoms with Gasteiger partial charge in [-0.25, -0.2) is 0 Å². The zero-order chi connectivity index (χ0) is 12.7. The number of benzene rings is 1. The molecule has 0 fully saturated rings. The van der Waals surface area contributed by atoms with Crippen LogP contribution in [0.2, 0.25) is 5.02 Å². The predicted octanol–water partition coefficient (Wildman–Crippen LogP) is 1.34. The van der Waals surface area contributed by atoms with E-state index >= 15 is 0 Å². The van der Waals surface area contributed by atoms with E-state index in [0.717, 1.165) is 0 Å². The number of carbonyl (C=O) groups excluding carboxylic acids is 1. The molecule has 1 amide bonds. The van der Waals surface area contributed by atoms with Gasteiger partial charge in [0.25, 0.3) is 0 Å². The smallest absolute Gasteiger partial charge is 0.304 e. The number of hydrogen-bond donors (Lipinski definition) is 3. The third-order valence-electron chi connectivity index (χ3n) is 1.93. The molecule has 0 spiro atoms. The molecular weight excluding hydrogens is 244 g/mol. The minimum absolute atomic E-state index is 0.00573. The lowest BCUT2D eigenvalue weighted by molar-refractivity contribution is -0.137. The van der Waals surface area contributed by atoms with Crippen LogP contribution in [0.1, 0.15) is 6.42 Å². The van der Waals surface area contributed by atoms with Crippen molar-refractivity contribution < 1.29 is 14.7 Å². The van der Waals surface area contributed by atoms with Crippen molar-refractivity contribution >= 4 is 29.2 Å². The normalized spacial score (nSPS) is 9.94. The Morgan fingerprint density at radius 2 is 1.88 bits per heavy atom. The Balaban J connectivity index is 2.25. The number of anilines is 1. The summed E-state index contributed by atoms with van der Waals surface area (Å²) in [6.45, 7) is 0.347. The van der Waals surface area contributed by atoms with Gasteiger partial charge in [0.1, 0.15) is 0 Å². The van der Waals surface area contributed by atoms with Crippen LogP contribution in [0, 0.1) is 0 Å². The highest BCUT2D eigenvalue weighted by Crippen LogP contribution is 2.12. The monoisotopic (exact) mass is 256 g/mol. The van der Waals surface area contributed by atoms with Gasteiger partial charge in [-0.1, -0.05) is 11.6 Å². The Hall–Kier alpha value is -1.59. The summed E-state index contributed by atoms with van der Waals surface area (Å²) >= 11 is 5.70. The second-order valence-corrected chi connectivity index (χ2v) is 3.81. The van der Waals surface area contributed by atoms with Crippen LogP contribution in [0.15, 0.2) is 24.3 Å². The molecule has 5 nitrogen and oxygen atoms in total. The summed E-state index contributed by atoms with van der Waals surface area (Å²) in [7, 11) is 0. The van der Waals surface area contributed by atoms with Crippen molar-refractivity contribution in [3.05, 3.63) is 29.3 Å². The van der Waals surface area contributed by atoms with E-state index in [1.54, 1.807) is 24.3 Å². The zero-order valence-electron chi connectivity index (χ0n) is 9.07. The van der Waals surface area contributed by atoms with Gasteiger partial charge in [-0.15, -0.1) is 0 Å². The van der Waals surface area contributed by atoms with E-state index in [-0.39, 0.29) is 25.4 Å². The van der Waals surface area contributed by atoms with Crippen molar-refractivity contribution in [3.8, 4) is 0 Å². The number of carboxylic acids is 1. The summed E-state index contributed by atoms with van der Waals surface area (Å²) in [6, 6.07) is 6.74. The molecule has 0 atom stereocenters. The van der Waals surface area contributed by atoms with Gasteiger partial charge in [0.2, 0.25) is 5.91 Å². The van der Waals surface area contributed by atoms with E-state index in [0.29, 0.717) is 10.7 Å². The van der Waals surface area contributed by atoms with Crippen molar-refractivity contribution in [2.24, 2.45) is 0 Å². The Morgan fingerprint density at radius 1 is 1.24 bits per heavy atom. The molecule has 0 bridgehead atoms. The number of aliphatic carboxylic acids is 1. The summed E-state index contributed by atoms with van der Waals surface area (Å²) in [4.78, 5) is 21.6. The first kappa shape index (κ1) is 13.5. The third kappa shape index (κ3) is 5.89. The van der Waals surface area contributed by atoms with Gasteiger partial charge in [0.05, 0.1) is 13.0 Å². The Morgan fingerprint density at radius 3 is 2.47 bits per heavy atom. The fourth-order valence-electron chi connectivity index (χ4n) is 1.14. The summed E-state index contributed by atoms with van der Waals surface area (Å²) in [5.41, 5.74) is 0.652. The lowest BCUT2D eigenvalue weighted by Crippen LogP contribution is -2.29. The molecule has 0 unspecified atom stereocenters. The van der Waals surface area contributed by atoms with E-state index in [1.165, 1.54) is 0 Å². The van der Waals surface area contributed by atoms with Crippen LogP contribution in [0.3, 0.4) is 0 Å². The number of carbonyl (C=O) groups is 2. The predicted molar refractivity (Wildman–Crippen MR) is 65.2 cm³/mol. The largest absolute Gasteiger partial charge is 0.481 e. The van der Waals surface area contributed by atoms with E-state index < -0.39 is 5.97 Å². The standard InChI is InChI=1S/C11H13ClN2O3/c12-8-1-3-9(4-2-8)14-10(15)7-13-6-5-11(16)17/h1-4,13H,5-7H2,(H,14,15)(H,16,17). The summed E-state index contributed by atoms with van der Waals surface area (Å²) < 4.78 is 0. The number of halogens is 1. The Labute approximate surface area is 104 Å². The molecule has 0 saturated heterocycles. The maximum absolute atomic E-state index is 11.4. The molecule has 0 saturated carbocycles. The fourth-order valence-corrected chi connectivity index (χ4v) is 1.26. The summed E-state index contributed by atoms with van der Waals surface area (Å²) in [5.74, 6) is -1.12. The third-order valence-corrected chi connectivity index (χ3v) is 2.18. The first-order chi connectivity index (χ1) is 8.08. The van der Waals surface area contributed by atoms with Crippen molar-refractivity contribution in [3.63, 3.8) is 0 Å². The van der Waals surface area contributed by atoms with E-state index in [9.17, 15) is 9.59 Å². The molecule has 0 heterocycles. The Kier molecular flexibility index (Phi) is 5.45. The van der Waals surface area contributed by atoms with E-state index in [1.807, 2.05) is 0 Å². The maximum Gasteiger partial charge on any atom is 0.304 e. The van der Waals surface area contributed by atoms with Crippen molar-refractivity contribution in [1.82, 2.24) is 5.32 Å². The number of carboxylic acid groups (broad SMARTS) is 1. The summed E-state index contributed by atoms with van der Waals surface area (Å²) in [6.07, 6.45) is -0.00573. The molecule has 3 N–H and O–H groups in total. The number of amides is 1. The quantitative estimate of drug-likeness (QED) is 0.671. The van der Waals surface area contributed by atoms with Crippen LogP contribution in [-0.4, -0.2) is 30.1 Å². The molecule has 0 aliphatic carbocycles. The zero-order valence-corrected chi connectivity index (χ0v) is 9.83. The molecule has 0 aliphatic heterocycles. The van der Waals surface area contributed by atoms with Crippen LogP contribution in [-0.2, 0) is 9.59 Å². The molecule has 0 aliphatic rings. The summed E-state index contributed by atoms with van der Waals surface area (Å²) in [5, 5.41) is 14.4. The van der Waals surface area contributed by atoms with Gasteiger partial charge >= 0.3 is 5.97 Å². The topological polar surface area (TPSA) is 78.4 Å². The average molecular weight is 257 g/mol. The van der Waals surface area contributed by atoms with E-state index in [4.69, 9.17) is 16.7 Å². The number of hydrogen-bond acceptors (Lipinski definition) is 3. The molecule has 1 aromatic rings.